The van der Waals surface area contributed by atoms with Crippen molar-refractivity contribution in [3.8, 4) is 0 Å². The second kappa shape index (κ2) is 12.2. The largest absolute Gasteiger partial charge is 0.416 e. The number of carbonyl (C=O) groups excluding carboxylic acids is 3. The lowest BCUT2D eigenvalue weighted by molar-refractivity contribution is -0.143. The van der Waals surface area contributed by atoms with Crippen LogP contribution in [0, 0.1) is 0 Å². The average Bonchev–Trinajstić information content (AvgIpc) is 2.96. The quantitative estimate of drug-likeness (QED) is 0.209. The Labute approximate surface area is 253 Å². The maximum Gasteiger partial charge on any atom is 0.416 e. The van der Waals surface area contributed by atoms with Gasteiger partial charge in [0, 0.05) is 48.8 Å². The van der Waals surface area contributed by atoms with Crippen molar-refractivity contribution in [1.29, 1.82) is 0 Å². The second-order valence-corrected chi connectivity index (χ2v) is 11.0. The highest BCUT2D eigenvalue weighted by molar-refractivity contribution is 6.42. The van der Waals surface area contributed by atoms with Crippen LogP contribution in [0.5, 0.6) is 0 Å². The number of hydrogen-bond acceptors (Lipinski definition) is 3. The van der Waals surface area contributed by atoms with Crippen molar-refractivity contribution < 1.29 is 40.7 Å². The van der Waals surface area contributed by atoms with Crippen molar-refractivity contribution in [3.05, 3.63) is 104 Å². The average molecular weight is 645 g/mol. The number of nitrogens with zero attached hydrogens (tertiary/aromatic N) is 2. The van der Waals surface area contributed by atoms with E-state index in [4.69, 9.17) is 23.2 Å². The molecule has 5 nitrogen and oxygen atoms in total. The summed E-state index contributed by atoms with van der Waals surface area (Å²) in [7, 11) is 1.29. The summed E-state index contributed by atoms with van der Waals surface area (Å²) in [6.07, 6.45) is -10.1. The van der Waals surface area contributed by atoms with Crippen LogP contribution >= 0.6 is 23.2 Å². The van der Waals surface area contributed by atoms with Crippen LogP contribution in [0.3, 0.4) is 0 Å². The third kappa shape index (κ3) is 7.15. The summed E-state index contributed by atoms with van der Waals surface area (Å²) < 4.78 is 80.8. The summed E-state index contributed by atoms with van der Waals surface area (Å²) in [5, 5.41) is 0.423. The highest BCUT2D eigenvalue weighted by atomic mass is 35.5. The molecule has 0 unspecified atom stereocenters. The Morgan fingerprint density at radius 1 is 0.791 bits per heavy atom. The third-order valence-corrected chi connectivity index (χ3v) is 8.17. The van der Waals surface area contributed by atoms with Gasteiger partial charge in [0.25, 0.3) is 11.8 Å². The SMILES string of the molecule is CC(=O)c1ccc(C(=O)N2CC[C@@H](N(C)C(=O)c3cc(C(F)(F)F)cc(C(F)(F)F)c3)[C@H](c3ccc(Cl)c(Cl)c3)C2)cc1. The van der Waals surface area contributed by atoms with Crippen molar-refractivity contribution in [2.24, 2.45) is 0 Å². The number of benzene rings is 3. The van der Waals surface area contributed by atoms with E-state index in [0.717, 1.165) is 4.90 Å². The molecule has 3 aromatic carbocycles. The molecule has 0 saturated carbocycles. The van der Waals surface area contributed by atoms with Crippen LogP contribution in [-0.2, 0) is 12.4 Å². The molecular weight excluding hydrogens is 621 g/mol. The van der Waals surface area contributed by atoms with Crippen molar-refractivity contribution in [3.63, 3.8) is 0 Å². The molecule has 1 heterocycles. The Hall–Kier alpha value is -3.57. The van der Waals surface area contributed by atoms with Gasteiger partial charge in [-0.05, 0) is 61.4 Å². The molecule has 228 valence electrons. The summed E-state index contributed by atoms with van der Waals surface area (Å²) >= 11 is 12.3. The molecule has 0 N–H and O–H groups in total. The molecule has 43 heavy (non-hydrogen) atoms. The summed E-state index contributed by atoms with van der Waals surface area (Å²) in [5.74, 6) is -2.22. The zero-order chi connectivity index (χ0) is 31.9. The van der Waals surface area contributed by atoms with Crippen LogP contribution in [0.2, 0.25) is 10.0 Å². The number of alkyl halides is 6. The first kappa shape index (κ1) is 32.3. The van der Waals surface area contributed by atoms with Gasteiger partial charge in [0.1, 0.15) is 0 Å². The normalized spacial score (nSPS) is 17.5. The maximum atomic E-state index is 13.5. The highest BCUT2D eigenvalue weighted by Gasteiger charge is 2.40. The number of amides is 2. The molecule has 0 aromatic heterocycles. The van der Waals surface area contributed by atoms with Gasteiger partial charge in [-0.3, -0.25) is 14.4 Å². The molecule has 1 aliphatic heterocycles. The molecule has 2 atom stereocenters. The first-order valence-corrected chi connectivity index (χ1v) is 13.6. The monoisotopic (exact) mass is 644 g/mol. The topological polar surface area (TPSA) is 57.7 Å². The first-order valence-electron chi connectivity index (χ1n) is 12.9. The minimum atomic E-state index is -5.12. The molecule has 13 heteroatoms. The van der Waals surface area contributed by atoms with Gasteiger partial charge in [0.2, 0.25) is 0 Å². The number of piperidine rings is 1. The van der Waals surface area contributed by atoms with E-state index in [1.165, 1.54) is 49.2 Å². The van der Waals surface area contributed by atoms with Crippen LogP contribution < -0.4 is 0 Å². The Bertz CT molecular complexity index is 1520. The smallest absolute Gasteiger partial charge is 0.338 e. The number of likely N-dealkylation sites (N-methyl/N-ethyl adjacent to an activating group) is 1. The van der Waals surface area contributed by atoms with Crippen LogP contribution in [0.25, 0.3) is 0 Å². The molecule has 0 bridgehead atoms. The molecular formula is C30H24Cl2F6N2O3. The van der Waals surface area contributed by atoms with Gasteiger partial charge in [0.05, 0.1) is 21.2 Å². The number of hydrogen-bond donors (Lipinski definition) is 0. The van der Waals surface area contributed by atoms with E-state index in [0.29, 0.717) is 28.8 Å². The van der Waals surface area contributed by atoms with E-state index >= 15 is 0 Å². The summed E-state index contributed by atoms with van der Waals surface area (Å²) in [6, 6.07) is 10.8. The van der Waals surface area contributed by atoms with E-state index in [-0.39, 0.29) is 47.3 Å². The highest BCUT2D eigenvalue weighted by Crippen LogP contribution is 2.38. The van der Waals surface area contributed by atoms with Crippen molar-refractivity contribution in [1.82, 2.24) is 9.80 Å². The van der Waals surface area contributed by atoms with Gasteiger partial charge in [-0.2, -0.15) is 26.3 Å². The second-order valence-electron chi connectivity index (χ2n) is 10.2. The Morgan fingerprint density at radius 2 is 1.35 bits per heavy atom. The van der Waals surface area contributed by atoms with Crippen LogP contribution in [0.1, 0.15) is 67.0 Å². The molecule has 0 spiro atoms. The summed E-state index contributed by atoms with van der Waals surface area (Å²) in [5.41, 5.74) is -2.69. The lowest BCUT2D eigenvalue weighted by Gasteiger charge is -2.43. The van der Waals surface area contributed by atoms with Crippen molar-refractivity contribution in [2.45, 2.75) is 37.7 Å². The molecule has 0 aliphatic carbocycles. The third-order valence-electron chi connectivity index (χ3n) is 7.43. The van der Waals surface area contributed by atoms with Gasteiger partial charge in [-0.1, -0.05) is 41.4 Å². The number of rotatable bonds is 5. The van der Waals surface area contributed by atoms with Crippen molar-refractivity contribution >= 4 is 40.8 Å². The summed E-state index contributed by atoms with van der Waals surface area (Å²) in [4.78, 5) is 41.1. The van der Waals surface area contributed by atoms with E-state index in [2.05, 4.69) is 0 Å². The Morgan fingerprint density at radius 3 is 1.86 bits per heavy atom. The standard InChI is InChI=1S/C30H24Cl2F6N2O3/c1-16(41)17-3-5-18(6-4-17)28(43)40-10-9-26(23(15-40)19-7-8-24(31)25(32)13-19)39(2)27(42)20-11-21(29(33,34)35)14-22(12-20)30(36,37)38/h3-8,11-14,23,26H,9-10,15H2,1-2H3/t23-,26+/m0/s1. The first-order chi connectivity index (χ1) is 20.0. The van der Waals surface area contributed by atoms with E-state index in [9.17, 15) is 40.7 Å². The molecule has 3 aromatic rings. The molecule has 1 aliphatic rings. The van der Waals surface area contributed by atoms with Gasteiger partial charge in [0.15, 0.2) is 5.78 Å². The van der Waals surface area contributed by atoms with E-state index < -0.39 is 46.9 Å². The fourth-order valence-corrected chi connectivity index (χ4v) is 5.43. The lowest BCUT2D eigenvalue weighted by Crippen LogP contribution is -2.52. The van der Waals surface area contributed by atoms with Crippen LogP contribution in [0.15, 0.2) is 60.7 Å². The number of halogens is 8. The summed E-state index contributed by atoms with van der Waals surface area (Å²) in [6.45, 7) is 1.57. The maximum absolute atomic E-state index is 13.5. The zero-order valence-corrected chi connectivity index (χ0v) is 24.2. The van der Waals surface area contributed by atoms with E-state index in [1.54, 1.807) is 12.1 Å². The molecule has 2 amide bonds. The molecule has 4 rings (SSSR count). The van der Waals surface area contributed by atoms with Crippen LogP contribution in [-0.4, -0.2) is 53.6 Å². The van der Waals surface area contributed by atoms with Gasteiger partial charge in [-0.15, -0.1) is 0 Å². The number of likely N-dealkylation sites (tertiary alicyclic amines) is 1. The molecule has 1 saturated heterocycles. The molecule has 0 radical (unpaired) electrons. The van der Waals surface area contributed by atoms with Gasteiger partial charge < -0.3 is 9.80 Å². The minimum absolute atomic E-state index is 0.0393. The van der Waals surface area contributed by atoms with Gasteiger partial charge >= 0.3 is 12.4 Å². The predicted molar refractivity (Wildman–Crippen MR) is 148 cm³/mol. The number of Topliss-reactive ketones (excluding diaryl/α,β-unsaturated/α-hetero) is 1. The minimum Gasteiger partial charge on any atom is -0.338 e. The van der Waals surface area contributed by atoms with E-state index in [1.807, 2.05) is 0 Å². The molecule has 1 fully saturated rings. The fourth-order valence-electron chi connectivity index (χ4n) is 5.12. The lowest BCUT2D eigenvalue weighted by atomic mass is 9.84. The fraction of sp³-hybridized carbons (Fsp3) is 0.300. The van der Waals surface area contributed by atoms with Crippen molar-refractivity contribution in [2.75, 3.05) is 20.1 Å². The number of carbonyl (C=O) groups is 3. The number of ketones is 1. The zero-order valence-electron chi connectivity index (χ0n) is 22.7. The predicted octanol–water partition coefficient (Wildman–Crippen LogP) is 8.00. The Balaban J connectivity index is 1.69. The Kier molecular flexibility index (Phi) is 9.18. The van der Waals surface area contributed by atoms with Crippen LogP contribution in [0.4, 0.5) is 26.3 Å². The van der Waals surface area contributed by atoms with Gasteiger partial charge in [-0.25, -0.2) is 0 Å².